The quantitative estimate of drug-likeness (QED) is 0.566. The molecule has 0 saturated heterocycles. The van der Waals surface area contributed by atoms with Crippen LogP contribution in [0.2, 0.25) is 5.02 Å². The Hall–Kier alpha value is -1.88. The molecule has 0 aliphatic carbocycles. The molecule has 1 atom stereocenters. The van der Waals surface area contributed by atoms with E-state index in [4.69, 9.17) is 21.9 Å². The number of halogens is 2. The molecule has 3 aromatic rings. The molecule has 0 bridgehead atoms. The van der Waals surface area contributed by atoms with E-state index in [0.29, 0.717) is 16.4 Å². The number of nitrogens with one attached hydrogen (secondary N) is 1. The first kappa shape index (κ1) is 14.1. The van der Waals surface area contributed by atoms with Gasteiger partial charge in [-0.15, -0.1) is 0 Å². The van der Waals surface area contributed by atoms with Gasteiger partial charge < -0.3 is 4.42 Å². The largest absolute Gasteiger partial charge is 0.459 e. The van der Waals surface area contributed by atoms with Gasteiger partial charge in [0.1, 0.15) is 23.2 Å². The van der Waals surface area contributed by atoms with Crippen LogP contribution in [0.5, 0.6) is 0 Å². The highest BCUT2D eigenvalue weighted by Gasteiger charge is 2.23. The van der Waals surface area contributed by atoms with Crippen LogP contribution in [0.1, 0.15) is 22.9 Å². The van der Waals surface area contributed by atoms with Crippen molar-refractivity contribution in [1.29, 1.82) is 0 Å². The SMILES string of the molecule is Cc1c(C(NN)c2ccccc2Cl)oc2ccc(F)cc12. The third kappa shape index (κ3) is 2.42. The number of benzene rings is 2. The van der Waals surface area contributed by atoms with Crippen LogP contribution in [0.3, 0.4) is 0 Å². The molecule has 1 heterocycles. The summed E-state index contributed by atoms with van der Waals surface area (Å²) in [5, 5.41) is 1.32. The minimum Gasteiger partial charge on any atom is -0.459 e. The molecule has 0 amide bonds. The van der Waals surface area contributed by atoms with Crippen LogP contribution in [-0.4, -0.2) is 0 Å². The van der Waals surface area contributed by atoms with Gasteiger partial charge in [-0.1, -0.05) is 29.8 Å². The van der Waals surface area contributed by atoms with Gasteiger partial charge in [-0.05, 0) is 36.8 Å². The van der Waals surface area contributed by atoms with E-state index in [0.717, 1.165) is 16.5 Å². The molecule has 2 aromatic carbocycles. The second-order valence-electron chi connectivity index (χ2n) is 4.85. The minimum atomic E-state index is -0.394. The highest BCUT2D eigenvalue weighted by molar-refractivity contribution is 6.31. The zero-order valence-electron chi connectivity index (χ0n) is 11.4. The van der Waals surface area contributed by atoms with Crippen LogP contribution in [0.25, 0.3) is 11.0 Å². The summed E-state index contributed by atoms with van der Waals surface area (Å²) in [6, 6.07) is 11.4. The fourth-order valence-corrected chi connectivity index (χ4v) is 2.75. The summed E-state index contributed by atoms with van der Waals surface area (Å²) < 4.78 is 19.2. The molecular formula is C16H14ClFN2O. The Morgan fingerprint density at radius 1 is 1.24 bits per heavy atom. The minimum absolute atomic E-state index is 0.298. The number of nitrogens with two attached hydrogens (primary N) is 1. The van der Waals surface area contributed by atoms with Gasteiger partial charge in [0, 0.05) is 16.0 Å². The average molecular weight is 305 g/mol. The van der Waals surface area contributed by atoms with Gasteiger partial charge in [0.05, 0.1) is 0 Å². The molecule has 0 fully saturated rings. The van der Waals surface area contributed by atoms with E-state index in [9.17, 15) is 4.39 Å². The highest BCUT2D eigenvalue weighted by atomic mass is 35.5. The van der Waals surface area contributed by atoms with E-state index in [1.807, 2.05) is 25.1 Å². The van der Waals surface area contributed by atoms with Crippen LogP contribution in [0.4, 0.5) is 4.39 Å². The molecular weight excluding hydrogens is 291 g/mol. The summed E-state index contributed by atoms with van der Waals surface area (Å²) in [5.41, 5.74) is 4.99. The third-order valence-electron chi connectivity index (χ3n) is 3.58. The number of aryl methyl sites for hydroxylation is 1. The number of rotatable bonds is 3. The molecule has 5 heteroatoms. The van der Waals surface area contributed by atoms with Crippen molar-refractivity contribution in [2.24, 2.45) is 5.84 Å². The summed E-state index contributed by atoms with van der Waals surface area (Å²) in [7, 11) is 0. The number of fused-ring (bicyclic) bond motifs is 1. The molecule has 1 aromatic heterocycles. The van der Waals surface area contributed by atoms with Crippen LogP contribution in [-0.2, 0) is 0 Å². The third-order valence-corrected chi connectivity index (χ3v) is 3.92. The fraction of sp³-hybridized carbons (Fsp3) is 0.125. The molecule has 0 aliphatic heterocycles. The molecule has 108 valence electrons. The Bertz CT molecular complexity index is 800. The van der Waals surface area contributed by atoms with Gasteiger partial charge in [0.2, 0.25) is 0 Å². The first-order valence-electron chi connectivity index (χ1n) is 6.51. The maximum Gasteiger partial charge on any atom is 0.134 e. The summed E-state index contributed by atoms with van der Waals surface area (Å²) in [6.07, 6.45) is 0. The highest BCUT2D eigenvalue weighted by Crippen LogP contribution is 2.35. The molecule has 3 nitrogen and oxygen atoms in total. The van der Waals surface area contributed by atoms with Gasteiger partial charge in [-0.2, -0.15) is 0 Å². The van der Waals surface area contributed by atoms with E-state index in [2.05, 4.69) is 5.43 Å². The van der Waals surface area contributed by atoms with Crippen LogP contribution in [0, 0.1) is 12.7 Å². The number of hydrogen-bond acceptors (Lipinski definition) is 3. The van der Waals surface area contributed by atoms with Crippen molar-refractivity contribution >= 4 is 22.6 Å². The van der Waals surface area contributed by atoms with Gasteiger partial charge in [0.15, 0.2) is 0 Å². The topological polar surface area (TPSA) is 51.2 Å². The van der Waals surface area contributed by atoms with Gasteiger partial charge in [-0.3, -0.25) is 5.84 Å². The molecule has 0 saturated carbocycles. The summed E-state index contributed by atoms with van der Waals surface area (Å²) >= 11 is 6.23. The average Bonchev–Trinajstić information content (AvgIpc) is 2.79. The van der Waals surface area contributed by atoms with Crippen molar-refractivity contribution in [2.75, 3.05) is 0 Å². The lowest BCUT2D eigenvalue weighted by atomic mass is 10.0. The van der Waals surface area contributed by atoms with Gasteiger partial charge in [0.25, 0.3) is 0 Å². The van der Waals surface area contributed by atoms with Crippen LogP contribution >= 0.6 is 11.6 Å². The van der Waals surface area contributed by atoms with E-state index in [1.54, 1.807) is 12.1 Å². The number of furan rings is 1. The first-order valence-corrected chi connectivity index (χ1v) is 6.88. The number of hydrogen-bond donors (Lipinski definition) is 2. The molecule has 0 aliphatic rings. The van der Waals surface area contributed by atoms with Crippen molar-refractivity contribution in [2.45, 2.75) is 13.0 Å². The maximum absolute atomic E-state index is 13.4. The summed E-state index contributed by atoms with van der Waals surface area (Å²) in [4.78, 5) is 0. The van der Waals surface area contributed by atoms with E-state index < -0.39 is 6.04 Å². The van der Waals surface area contributed by atoms with E-state index in [1.165, 1.54) is 12.1 Å². The lowest BCUT2D eigenvalue weighted by Gasteiger charge is -2.16. The van der Waals surface area contributed by atoms with Crippen LogP contribution < -0.4 is 11.3 Å². The Labute approximate surface area is 126 Å². The summed E-state index contributed by atoms with van der Waals surface area (Å²) in [5.74, 6) is 6.02. The van der Waals surface area contributed by atoms with Crippen molar-refractivity contribution in [3.05, 3.63) is 70.2 Å². The maximum atomic E-state index is 13.4. The lowest BCUT2D eigenvalue weighted by Crippen LogP contribution is -2.29. The van der Waals surface area contributed by atoms with Crippen molar-refractivity contribution < 1.29 is 8.81 Å². The van der Waals surface area contributed by atoms with E-state index >= 15 is 0 Å². The molecule has 1 unspecified atom stereocenters. The molecule has 3 rings (SSSR count). The molecule has 21 heavy (non-hydrogen) atoms. The Morgan fingerprint density at radius 2 is 2.00 bits per heavy atom. The monoisotopic (exact) mass is 304 g/mol. The number of hydrazine groups is 1. The Kier molecular flexibility index (Phi) is 3.68. The van der Waals surface area contributed by atoms with Crippen molar-refractivity contribution in [1.82, 2.24) is 5.43 Å². The van der Waals surface area contributed by atoms with Gasteiger partial charge in [-0.25, -0.2) is 9.82 Å². The molecule has 0 spiro atoms. The first-order chi connectivity index (χ1) is 10.1. The predicted octanol–water partition coefficient (Wildman–Crippen LogP) is 4.09. The standard InChI is InChI=1S/C16H14ClFN2O/c1-9-12-8-10(18)6-7-14(12)21-16(9)15(20-19)11-4-2-3-5-13(11)17/h2-8,15,20H,19H2,1H3. The zero-order chi connectivity index (χ0) is 15.0. The Morgan fingerprint density at radius 3 is 2.71 bits per heavy atom. The normalized spacial score (nSPS) is 12.8. The van der Waals surface area contributed by atoms with Crippen LogP contribution in [0.15, 0.2) is 46.9 Å². The second kappa shape index (κ2) is 5.48. The Balaban J connectivity index is 2.18. The summed E-state index contributed by atoms with van der Waals surface area (Å²) in [6.45, 7) is 1.88. The lowest BCUT2D eigenvalue weighted by molar-refractivity contribution is 0.473. The fourth-order valence-electron chi connectivity index (χ4n) is 2.50. The molecule has 0 radical (unpaired) electrons. The smallest absolute Gasteiger partial charge is 0.134 e. The van der Waals surface area contributed by atoms with E-state index in [-0.39, 0.29) is 5.82 Å². The van der Waals surface area contributed by atoms with Crippen molar-refractivity contribution in [3.63, 3.8) is 0 Å². The van der Waals surface area contributed by atoms with Crippen molar-refractivity contribution in [3.8, 4) is 0 Å². The second-order valence-corrected chi connectivity index (χ2v) is 5.26. The zero-order valence-corrected chi connectivity index (χ0v) is 12.1. The van der Waals surface area contributed by atoms with Gasteiger partial charge >= 0.3 is 0 Å². The molecule has 3 N–H and O–H groups in total. The predicted molar refractivity (Wildman–Crippen MR) is 81.5 cm³/mol.